The zero-order valence-electron chi connectivity index (χ0n) is 39.0. The SMILES string of the molecule is Cc1cc2c3c(c1)N(c1ccc(C(C)(C)C)cc1-c1ccccc1)c1ccc(C(C)(C)C)cc1C3c1cc3c(cc1N2c1cc(-c2ccccc2)ccc1C)C(C)(C)CC3(C)C. The third-order valence-corrected chi connectivity index (χ3v) is 14.3. The summed E-state index contributed by atoms with van der Waals surface area (Å²) in [5.74, 6) is 0.0387. The summed E-state index contributed by atoms with van der Waals surface area (Å²) in [5.41, 5.74) is 24.8. The Hall–Kier alpha value is -5.86. The maximum absolute atomic E-state index is 2.65. The normalized spacial score (nSPS) is 17.0. The zero-order valence-corrected chi connectivity index (χ0v) is 39.0. The minimum absolute atomic E-state index is 0.00394. The topological polar surface area (TPSA) is 6.48 Å². The van der Waals surface area contributed by atoms with E-state index in [1.54, 1.807) is 0 Å². The standard InChI is InChI=1S/C60H62N2/c1-37-29-53-56-54(30-37)62(51-31-41(24-23-38(51)2)39-19-15-13-16-20-39)52-35-48-47(59(9,10)36-60(48,11)12)34-46(52)55(56)45-33-43(58(6,7)8)26-28-50(45)61(53)49-27-25-42(57(3,4)5)32-44(49)40-21-17-14-18-22-40/h13-35,55H,36H2,1-12H3. The van der Waals surface area contributed by atoms with Crippen molar-refractivity contribution in [3.8, 4) is 22.3 Å². The van der Waals surface area contributed by atoms with Crippen molar-refractivity contribution < 1.29 is 0 Å². The fourth-order valence-corrected chi connectivity index (χ4v) is 11.3. The summed E-state index contributed by atoms with van der Waals surface area (Å²) in [7, 11) is 0. The highest BCUT2D eigenvalue weighted by Crippen LogP contribution is 2.64. The van der Waals surface area contributed by atoms with Crippen molar-refractivity contribution in [2.75, 3.05) is 9.80 Å². The van der Waals surface area contributed by atoms with Gasteiger partial charge in [0.2, 0.25) is 0 Å². The smallest absolute Gasteiger partial charge is 0.0540 e. The number of aryl methyl sites for hydroxylation is 2. The Kier molecular flexibility index (Phi) is 8.97. The molecule has 7 aromatic rings. The highest BCUT2D eigenvalue weighted by Gasteiger charge is 2.47. The van der Waals surface area contributed by atoms with Crippen LogP contribution < -0.4 is 9.80 Å². The number of hydrogen-bond donors (Lipinski definition) is 0. The van der Waals surface area contributed by atoms with Crippen molar-refractivity contribution in [3.05, 3.63) is 190 Å². The van der Waals surface area contributed by atoms with E-state index in [-0.39, 0.29) is 27.6 Å². The number of fused-ring (bicyclic) bond motifs is 5. The predicted molar refractivity (Wildman–Crippen MR) is 265 cm³/mol. The summed E-state index contributed by atoms with van der Waals surface area (Å²) in [5, 5.41) is 0. The van der Waals surface area contributed by atoms with E-state index in [4.69, 9.17) is 0 Å². The van der Waals surface area contributed by atoms with Gasteiger partial charge in [0.25, 0.3) is 0 Å². The molecule has 1 unspecified atom stereocenters. The summed E-state index contributed by atoms with van der Waals surface area (Å²) < 4.78 is 0. The average molecular weight is 811 g/mol. The lowest BCUT2D eigenvalue weighted by Crippen LogP contribution is -2.31. The molecule has 0 saturated heterocycles. The second-order valence-electron chi connectivity index (χ2n) is 22.0. The first-order valence-electron chi connectivity index (χ1n) is 22.8. The molecule has 312 valence electrons. The second-order valence-corrected chi connectivity index (χ2v) is 22.0. The maximum atomic E-state index is 2.65. The Labute approximate surface area is 371 Å². The summed E-state index contributed by atoms with van der Waals surface area (Å²) in [4.78, 5) is 5.27. The molecule has 0 amide bonds. The molecule has 7 aromatic carbocycles. The Bertz CT molecular complexity index is 2920. The Morgan fingerprint density at radius 2 is 0.984 bits per heavy atom. The maximum Gasteiger partial charge on any atom is 0.0540 e. The molecular weight excluding hydrogens is 749 g/mol. The van der Waals surface area contributed by atoms with E-state index < -0.39 is 0 Å². The molecule has 2 nitrogen and oxygen atoms in total. The van der Waals surface area contributed by atoms with Gasteiger partial charge in [-0.1, -0.05) is 166 Å². The summed E-state index contributed by atoms with van der Waals surface area (Å²) >= 11 is 0. The molecule has 0 bridgehead atoms. The fraction of sp³-hybridized carbons (Fsp3) is 0.300. The molecule has 0 radical (unpaired) electrons. The van der Waals surface area contributed by atoms with E-state index in [0.29, 0.717) is 0 Å². The van der Waals surface area contributed by atoms with Crippen molar-refractivity contribution in [3.63, 3.8) is 0 Å². The lowest BCUT2D eigenvalue weighted by atomic mass is 9.72. The molecule has 3 aliphatic rings. The molecule has 0 N–H and O–H groups in total. The number of anilines is 6. The van der Waals surface area contributed by atoms with Gasteiger partial charge in [0.05, 0.1) is 28.4 Å². The quantitative estimate of drug-likeness (QED) is 0.175. The molecule has 0 aromatic heterocycles. The van der Waals surface area contributed by atoms with Gasteiger partial charge in [0.15, 0.2) is 0 Å². The van der Waals surface area contributed by atoms with Gasteiger partial charge in [-0.05, 0) is 146 Å². The van der Waals surface area contributed by atoms with Crippen LogP contribution in [0.3, 0.4) is 0 Å². The molecule has 0 saturated carbocycles. The zero-order chi connectivity index (χ0) is 43.7. The Morgan fingerprint density at radius 3 is 1.60 bits per heavy atom. The number of rotatable bonds is 4. The first kappa shape index (κ1) is 40.2. The number of nitrogens with zero attached hydrogens (tertiary/aromatic N) is 2. The minimum atomic E-state index is -0.0255. The lowest BCUT2D eigenvalue weighted by Gasteiger charge is -2.47. The van der Waals surface area contributed by atoms with Crippen LogP contribution in [0.4, 0.5) is 34.1 Å². The first-order chi connectivity index (χ1) is 29.3. The third-order valence-electron chi connectivity index (χ3n) is 14.3. The van der Waals surface area contributed by atoms with Crippen LogP contribution in [0.5, 0.6) is 0 Å². The van der Waals surface area contributed by atoms with Crippen LogP contribution >= 0.6 is 0 Å². The molecule has 0 spiro atoms. The molecule has 1 atom stereocenters. The first-order valence-corrected chi connectivity index (χ1v) is 22.8. The van der Waals surface area contributed by atoms with E-state index in [0.717, 1.165) is 6.42 Å². The molecule has 62 heavy (non-hydrogen) atoms. The van der Waals surface area contributed by atoms with Crippen molar-refractivity contribution in [2.45, 2.75) is 117 Å². The second kappa shape index (κ2) is 13.8. The Morgan fingerprint density at radius 1 is 0.452 bits per heavy atom. The van der Waals surface area contributed by atoms with E-state index in [1.165, 1.54) is 106 Å². The van der Waals surface area contributed by atoms with Crippen LogP contribution in [-0.2, 0) is 21.7 Å². The molecule has 0 fully saturated rings. The molecule has 1 aliphatic carbocycles. The molecule has 2 aliphatic heterocycles. The average Bonchev–Trinajstić information content (AvgIpc) is 3.41. The van der Waals surface area contributed by atoms with Crippen LogP contribution in [0.25, 0.3) is 22.3 Å². The molecule has 10 rings (SSSR count). The van der Waals surface area contributed by atoms with Crippen LogP contribution in [-0.4, -0.2) is 0 Å². The number of hydrogen-bond acceptors (Lipinski definition) is 2. The molecule has 2 heterocycles. The van der Waals surface area contributed by atoms with Gasteiger partial charge in [-0.2, -0.15) is 0 Å². The summed E-state index contributed by atoms with van der Waals surface area (Å²) in [6.07, 6.45) is 1.12. The van der Waals surface area contributed by atoms with E-state index in [9.17, 15) is 0 Å². The monoisotopic (exact) mass is 810 g/mol. The highest BCUT2D eigenvalue weighted by atomic mass is 15.2. The third kappa shape index (κ3) is 6.35. The van der Waals surface area contributed by atoms with Gasteiger partial charge in [0, 0.05) is 22.7 Å². The van der Waals surface area contributed by atoms with E-state index >= 15 is 0 Å². The van der Waals surface area contributed by atoms with Gasteiger partial charge >= 0.3 is 0 Å². The van der Waals surface area contributed by atoms with Crippen molar-refractivity contribution >= 4 is 34.1 Å². The van der Waals surface area contributed by atoms with Gasteiger partial charge < -0.3 is 9.80 Å². The van der Waals surface area contributed by atoms with Gasteiger partial charge in [-0.15, -0.1) is 0 Å². The highest BCUT2D eigenvalue weighted by molar-refractivity contribution is 6.00. The van der Waals surface area contributed by atoms with Crippen LogP contribution in [0.15, 0.2) is 140 Å². The van der Waals surface area contributed by atoms with Gasteiger partial charge in [-0.3, -0.25) is 0 Å². The molecule has 2 heteroatoms. The number of benzene rings is 7. The Balaban J connectivity index is 1.34. The van der Waals surface area contributed by atoms with Crippen molar-refractivity contribution in [1.82, 2.24) is 0 Å². The molecular formula is C60H62N2. The summed E-state index contributed by atoms with van der Waals surface area (Å²) in [6.45, 7) is 28.4. The van der Waals surface area contributed by atoms with E-state index in [1.807, 2.05) is 0 Å². The predicted octanol–water partition coefficient (Wildman–Crippen LogP) is 16.9. The van der Waals surface area contributed by atoms with Gasteiger partial charge in [0.1, 0.15) is 0 Å². The van der Waals surface area contributed by atoms with Crippen molar-refractivity contribution in [2.24, 2.45) is 0 Å². The van der Waals surface area contributed by atoms with Crippen LogP contribution in [0.2, 0.25) is 0 Å². The fourth-order valence-electron chi connectivity index (χ4n) is 11.3. The van der Waals surface area contributed by atoms with Gasteiger partial charge in [-0.25, -0.2) is 0 Å². The lowest BCUT2D eigenvalue weighted by molar-refractivity contribution is 0.403. The largest absolute Gasteiger partial charge is 0.309 e. The van der Waals surface area contributed by atoms with Crippen LogP contribution in [0.1, 0.15) is 132 Å². The van der Waals surface area contributed by atoms with E-state index in [2.05, 4.69) is 232 Å². The van der Waals surface area contributed by atoms with Crippen LogP contribution in [0, 0.1) is 13.8 Å². The minimum Gasteiger partial charge on any atom is -0.309 e. The summed E-state index contributed by atoms with van der Waals surface area (Å²) in [6, 6.07) is 53.8. The van der Waals surface area contributed by atoms with Crippen molar-refractivity contribution in [1.29, 1.82) is 0 Å².